The van der Waals surface area contributed by atoms with E-state index in [9.17, 15) is 9.59 Å². The Balaban J connectivity index is 1.95. The molecule has 1 N–H and O–H groups in total. The molecule has 1 aromatic carbocycles. The summed E-state index contributed by atoms with van der Waals surface area (Å²) in [7, 11) is 0. The molecule has 4 heteroatoms. The summed E-state index contributed by atoms with van der Waals surface area (Å²) in [5.41, 5.74) is 1.82. The van der Waals surface area contributed by atoms with Crippen LogP contribution in [0.4, 0.5) is 0 Å². The first-order chi connectivity index (χ1) is 13.7. The summed E-state index contributed by atoms with van der Waals surface area (Å²) in [6.45, 7) is 5.12. The molecular formula is C24H39NO3. The lowest BCUT2D eigenvalue weighted by atomic mass is 10.1. The Labute approximate surface area is 171 Å². The van der Waals surface area contributed by atoms with Gasteiger partial charge in [0.2, 0.25) is 0 Å². The van der Waals surface area contributed by atoms with E-state index in [1.54, 1.807) is 0 Å². The van der Waals surface area contributed by atoms with Crippen LogP contribution in [0, 0.1) is 0 Å². The second-order valence-corrected chi connectivity index (χ2v) is 7.46. The average molecular weight is 390 g/mol. The summed E-state index contributed by atoms with van der Waals surface area (Å²) in [5.74, 6) is -0.386. The summed E-state index contributed by atoms with van der Waals surface area (Å²) in [5, 5.41) is 2.77. The molecule has 0 saturated carbocycles. The van der Waals surface area contributed by atoms with E-state index in [0.717, 1.165) is 19.3 Å². The smallest absolute Gasteiger partial charge is 0.307 e. The predicted molar refractivity (Wildman–Crippen MR) is 116 cm³/mol. The molecule has 0 radical (unpaired) electrons. The van der Waals surface area contributed by atoms with Crippen LogP contribution in [0.1, 0.15) is 100 Å². The Bertz CT molecular complexity index is 539. The summed E-state index contributed by atoms with van der Waals surface area (Å²) in [6, 6.07) is 7.54. The van der Waals surface area contributed by atoms with Crippen LogP contribution in [-0.2, 0) is 16.0 Å². The molecule has 0 bridgehead atoms. The van der Waals surface area contributed by atoms with Crippen LogP contribution in [0.5, 0.6) is 0 Å². The maximum Gasteiger partial charge on any atom is 0.307 e. The SMILES string of the molecule is CCCCCCCCCCCCOC(=O)CCNC(=O)c1ccc(CC)cc1. The lowest BCUT2D eigenvalue weighted by Crippen LogP contribution is -2.26. The number of aryl methyl sites for hydroxylation is 1. The van der Waals surface area contributed by atoms with E-state index in [4.69, 9.17) is 4.74 Å². The highest BCUT2D eigenvalue weighted by molar-refractivity contribution is 5.94. The van der Waals surface area contributed by atoms with Gasteiger partial charge in [-0.25, -0.2) is 0 Å². The van der Waals surface area contributed by atoms with Gasteiger partial charge in [0.25, 0.3) is 5.91 Å². The van der Waals surface area contributed by atoms with Gasteiger partial charge in [-0.2, -0.15) is 0 Å². The van der Waals surface area contributed by atoms with Crippen molar-refractivity contribution in [1.29, 1.82) is 0 Å². The van der Waals surface area contributed by atoms with Crippen LogP contribution in [0.15, 0.2) is 24.3 Å². The highest BCUT2D eigenvalue weighted by Gasteiger charge is 2.07. The molecule has 0 heterocycles. The third kappa shape index (κ3) is 11.8. The minimum absolute atomic E-state index is 0.148. The first-order valence-corrected chi connectivity index (χ1v) is 11.2. The van der Waals surface area contributed by atoms with Crippen molar-refractivity contribution in [3.63, 3.8) is 0 Å². The lowest BCUT2D eigenvalue weighted by Gasteiger charge is -2.07. The normalized spacial score (nSPS) is 10.6. The maximum absolute atomic E-state index is 12.0. The predicted octanol–water partition coefficient (Wildman–Crippen LogP) is 5.83. The third-order valence-electron chi connectivity index (χ3n) is 5.00. The molecule has 28 heavy (non-hydrogen) atoms. The number of amides is 1. The Morgan fingerprint density at radius 1 is 0.821 bits per heavy atom. The first kappa shape index (κ1) is 24.2. The van der Waals surface area contributed by atoms with Gasteiger partial charge in [-0.05, 0) is 30.5 Å². The highest BCUT2D eigenvalue weighted by Crippen LogP contribution is 2.10. The molecule has 0 spiro atoms. The second-order valence-electron chi connectivity index (χ2n) is 7.46. The summed E-state index contributed by atoms with van der Waals surface area (Å²) in [4.78, 5) is 23.8. The van der Waals surface area contributed by atoms with Gasteiger partial charge in [-0.1, -0.05) is 83.8 Å². The van der Waals surface area contributed by atoms with Crippen molar-refractivity contribution in [2.24, 2.45) is 0 Å². The van der Waals surface area contributed by atoms with Crippen molar-refractivity contribution in [2.75, 3.05) is 13.2 Å². The fourth-order valence-corrected chi connectivity index (χ4v) is 3.12. The van der Waals surface area contributed by atoms with Crippen LogP contribution in [0.25, 0.3) is 0 Å². The molecule has 0 saturated heterocycles. The minimum Gasteiger partial charge on any atom is -0.466 e. The molecule has 0 fully saturated rings. The molecule has 4 nitrogen and oxygen atoms in total. The van der Waals surface area contributed by atoms with Gasteiger partial charge in [0.05, 0.1) is 13.0 Å². The topological polar surface area (TPSA) is 55.4 Å². The molecule has 0 unspecified atom stereocenters. The van der Waals surface area contributed by atoms with Crippen LogP contribution in [0.2, 0.25) is 0 Å². The monoisotopic (exact) mass is 389 g/mol. The van der Waals surface area contributed by atoms with E-state index >= 15 is 0 Å². The first-order valence-electron chi connectivity index (χ1n) is 11.2. The second kappa shape index (κ2) is 16.1. The molecule has 0 aliphatic heterocycles. The van der Waals surface area contributed by atoms with Crippen molar-refractivity contribution in [3.05, 3.63) is 35.4 Å². The van der Waals surface area contributed by atoms with Crippen LogP contribution in [0.3, 0.4) is 0 Å². The van der Waals surface area contributed by atoms with Crippen molar-refractivity contribution >= 4 is 11.9 Å². The van der Waals surface area contributed by atoms with E-state index in [0.29, 0.717) is 18.7 Å². The van der Waals surface area contributed by atoms with Crippen LogP contribution < -0.4 is 5.32 Å². The summed E-state index contributed by atoms with van der Waals surface area (Å²) >= 11 is 0. The quantitative estimate of drug-likeness (QED) is 0.286. The van der Waals surface area contributed by atoms with Crippen LogP contribution >= 0.6 is 0 Å². The number of hydrogen-bond acceptors (Lipinski definition) is 3. The van der Waals surface area contributed by atoms with Crippen LogP contribution in [-0.4, -0.2) is 25.0 Å². The zero-order chi connectivity index (χ0) is 20.5. The van der Waals surface area contributed by atoms with Gasteiger partial charge < -0.3 is 10.1 Å². The third-order valence-corrected chi connectivity index (χ3v) is 5.00. The molecule has 1 amide bonds. The van der Waals surface area contributed by atoms with Crippen molar-refractivity contribution in [2.45, 2.75) is 90.9 Å². The van der Waals surface area contributed by atoms with Crippen molar-refractivity contribution < 1.29 is 14.3 Å². The van der Waals surface area contributed by atoms with E-state index in [1.165, 1.54) is 56.9 Å². The number of rotatable bonds is 16. The van der Waals surface area contributed by atoms with Gasteiger partial charge in [0.1, 0.15) is 0 Å². The average Bonchev–Trinajstić information content (AvgIpc) is 2.72. The van der Waals surface area contributed by atoms with E-state index in [-0.39, 0.29) is 18.3 Å². The lowest BCUT2D eigenvalue weighted by molar-refractivity contribution is -0.143. The Hall–Kier alpha value is -1.84. The van der Waals surface area contributed by atoms with E-state index in [1.807, 2.05) is 24.3 Å². The molecule has 1 rings (SSSR count). The number of carbonyl (C=O) groups is 2. The van der Waals surface area contributed by atoms with Gasteiger partial charge >= 0.3 is 5.97 Å². The molecule has 0 aliphatic carbocycles. The largest absolute Gasteiger partial charge is 0.466 e. The Morgan fingerprint density at radius 2 is 1.39 bits per heavy atom. The highest BCUT2D eigenvalue weighted by atomic mass is 16.5. The maximum atomic E-state index is 12.0. The summed E-state index contributed by atoms with van der Waals surface area (Å²) < 4.78 is 5.24. The van der Waals surface area contributed by atoms with E-state index in [2.05, 4.69) is 19.2 Å². The van der Waals surface area contributed by atoms with Gasteiger partial charge in [0, 0.05) is 12.1 Å². The van der Waals surface area contributed by atoms with Gasteiger partial charge in [0.15, 0.2) is 0 Å². The van der Waals surface area contributed by atoms with E-state index < -0.39 is 0 Å². The standard InChI is InChI=1S/C24H39NO3/c1-3-5-6-7-8-9-10-11-12-13-20-28-23(26)18-19-25-24(27)22-16-14-21(4-2)15-17-22/h14-17H,3-13,18-20H2,1-2H3,(H,25,27). The van der Waals surface area contributed by atoms with Crippen molar-refractivity contribution in [3.8, 4) is 0 Å². The number of hydrogen-bond donors (Lipinski definition) is 1. The molecule has 0 aromatic heterocycles. The Kier molecular flexibility index (Phi) is 14.0. The minimum atomic E-state index is -0.238. The molecular weight excluding hydrogens is 350 g/mol. The van der Waals surface area contributed by atoms with Gasteiger partial charge in [-0.3, -0.25) is 9.59 Å². The number of esters is 1. The zero-order valence-electron chi connectivity index (χ0n) is 17.9. The molecule has 0 aliphatic rings. The summed E-state index contributed by atoms with van der Waals surface area (Å²) in [6.07, 6.45) is 13.8. The fourth-order valence-electron chi connectivity index (χ4n) is 3.12. The van der Waals surface area contributed by atoms with Gasteiger partial charge in [-0.15, -0.1) is 0 Å². The molecule has 1 aromatic rings. The number of unbranched alkanes of at least 4 members (excludes halogenated alkanes) is 9. The van der Waals surface area contributed by atoms with Crippen molar-refractivity contribution in [1.82, 2.24) is 5.32 Å². The number of nitrogens with one attached hydrogen (secondary N) is 1. The zero-order valence-corrected chi connectivity index (χ0v) is 17.9. The number of benzene rings is 1. The molecule has 158 valence electrons. The Morgan fingerprint density at radius 3 is 1.96 bits per heavy atom. The fraction of sp³-hybridized carbons (Fsp3) is 0.667. The molecule has 0 atom stereocenters. The number of ether oxygens (including phenoxy) is 1. The number of carbonyl (C=O) groups excluding carboxylic acids is 2.